The van der Waals surface area contributed by atoms with Gasteiger partial charge in [-0.1, -0.05) is 41.5 Å². The predicted octanol–water partition coefficient (Wildman–Crippen LogP) is -5.74. The number of likely N-dealkylation sites (tertiary alicyclic amines) is 1. The van der Waals surface area contributed by atoms with E-state index in [2.05, 4.69) is 78.4 Å². The number of amides is 12. The minimum absolute atomic E-state index is 0.0583. The van der Waals surface area contributed by atoms with Gasteiger partial charge in [0.2, 0.25) is 70.9 Å². The van der Waals surface area contributed by atoms with E-state index in [1.54, 1.807) is 27.7 Å². The van der Waals surface area contributed by atoms with Crippen LogP contribution in [0.3, 0.4) is 0 Å². The number of nitrogens with one attached hydrogen (secondary N) is 10. The average Bonchev–Trinajstić information content (AvgIpc) is 1.62. The van der Waals surface area contributed by atoms with Crippen molar-refractivity contribution in [3.63, 3.8) is 0 Å². The highest BCUT2D eigenvalue weighted by Gasteiger charge is 2.42. The summed E-state index contributed by atoms with van der Waals surface area (Å²) in [5, 5.41) is 79.4. The van der Waals surface area contributed by atoms with Gasteiger partial charge in [0.15, 0.2) is 0 Å². The first-order valence-corrected chi connectivity index (χ1v) is 30.9. The molecule has 0 radical (unpaired) electrons. The molecule has 39 heteroatoms. The van der Waals surface area contributed by atoms with Crippen molar-refractivity contribution < 1.29 is 117 Å². The number of hydrogen-bond donors (Lipinski definition) is 20. The Morgan fingerprint density at radius 2 is 0.787 bits per heavy atom. The van der Waals surface area contributed by atoms with Gasteiger partial charge in [-0.2, -0.15) is 25.3 Å². The normalized spacial score (nSPS) is 16.3. The Morgan fingerprint density at radius 3 is 1.20 bits per heavy atom. The van der Waals surface area contributed by atoms with Crippen LogP contribution in [0.1, 0.15) is 125 Å². The predicted molar refractivity (Wildman–Crippen MR) is 330 cm³/mol. The van der Waals surface area contributed by atoms with Crippen molar-refractivity contribution in [2.24, 2.45) is 29.2 Å². The summed E-state index contributed by atoms with van der Waals surface area (Å²) >= 11 is 8.16. The minimum atomic E-state index is -2.08. The smallest absolute Gasteiger partial charge is 0.326 e. The lowest BCUT2D eigenvalue weighted by Gasteiger charge is -2.31. The van der Waals surface area contributed by atoms with Crippen molar-refractivity contribution in [2.45, 2.75) is 198 Å². The molecule has 0 saturated carbocycles. The van der Waals surface area contributed by atoms with Crippen LogP contribution in [0, 0.1) is 17.8 Å². The second kappa shape index (κ2) is 41.0. The number of carbonyl (C=O) groups is 18. The van der Waals surface area contributed by atoms with Gasteiger partial charge in [0.05, 0.1) is 25.3 Å². The molecule has 1 rings (SSSR count). The Labute approximate surface area is 549 Å². The van der Waals surface area contributed by atoms with E-state index < -0.39 is 254 Å². The lowest BCUT2D eigenvalue weighted by molar-refractivity contribution is -0.145. The summed E-state index contributed by atoms with van der Waals surface area (Å²) in [6.07, 6.45) is -7.17. The van der Waals surface area contributed by atoms with Gasteiger partial charge in [0, 0.05) is 37.3 Å². The fourth-order valence-corrected chi connectivity index (χ4v) is 9.68. The van der Waals surface area contributed by atoms with Gasteiger partial charge in [-0.25, -0.2) is 4.79 Å². The molecule has 12 atom stereocenters. The van der Waals surface area contributed by atoms with Crippen LogP contribution in [0.5, 0.6) is 0 Å². The zero-order chi connectivity index (χ0) is 72.0. The third kappa shape index (κ3) is 30.3. The van der Waals surface area contributed by atoms with Crippen LogP contribution in [0.4, 0.5) is 0 Å². The molecule has 37 nitrogen and oxygen atoms in total. The van der Waals surface area contributed by atoms with E-state index >= 15 is 0 Å². The molecule has 12 amide bonds. The van der Waals surface area contributed by atoms with E-state index in [4.69, 9.17) is 16.6 Å². The van der Waals surface area contributed by atoms with Crippen molar-refractivity contribution in [3.05, 3.63) is 0 Å². The molecule has 0 bridgehead atoms. The summed E-state index contributed by atoms with van der Waals surface area (Å²) in [4.78, 5) is 234. The minimum Gasteiger partial charge on any atom is -0.481 e. The SMILES string of the molecule is CC(C)C[C@H](NC(=O)[C@H](CCC(=O)O)NC(=O)[C@H](CC(=O)O)NC(=O)[C@H](CS)NC(=O)[C@H](CC(=O)O)NC(=O)[C@@H]1CCCN1C(=O)[C@H](CC(N)=O)NC(=O)[C@H](CC(C)C)NC(=O)[C@H](CCC(=O)O)NC(=O)[C@H](CS)NC(=O)[C@@H](NC(=O)[C@@H](N)CCC(=O)O)C(C)C)C(=O)O. The number of carboxylic acids is 6. The fourth-order valence-electron chi connectivity index (χ4n) is 9.17. The van der Waals surface area contributed by atoms with E-state index in [-0.39, 0.29) is 44.6 Å². The highest BCUT2D eigenvalue weighted by molar-refractivity contribution is 7.80. The van der Waals surface area contributed by atoms with Crippen LogP contribution in [-0.2, 0) is 86.3 Å². The largest absolute Gasteiger partial charge is 0.481 e. The summed E-state index contributed by atoms with van der Waals surface area (Å²) in [5.41, 5.74) is 11.3. The van der Waals surface area contributed by atoms with Gasteiger partial charge in [0.25, 0.3) is 0 Å². The molecular formula is C55H87N13O24S2. The van der Waals surface area contributed by atoms with Crippen molar-refractivity contribution in [3.8, 4) is 0 Å². The maximum Gasteiger partial charge on any atom is 0.326 e. The summed E-state index contributed by atoms with van der Waals surface area (Å²) in [5.74, 6) is -25.3. The molecule has 0 aliphatic carbocycles. The average molecular weight is 1380 g/mol. The van der Waals surface area contributed by atoms with Crippen LogP contribution in [0.15, 0.2) is 0 Å². The lowest BCUT2D eigenvalue weighted by Crippen LogP contribution is -2.61. The number of primary amides is 1. The third-order valence-corrected chi connectivity index (χ3v) is 14.7. The Hall–Kier alpha value is -8.88. The number of nitrogens with zero attached hydrogens (tertiary/aromatic N) is 1. The second-order valence-electron chi connectivity index (χ2n) is 23.2. The highest BCUT2D eigenvalue weighted by Crippen LogP contribution is 2.21. The molecule has 0 aromatic heterocycles. The summed E-state index contributed by atoms with van der Waals surface area (Å²) in [6.45, 7) is 9.33. The van der Waals surface area contributed by atoms with Crippen molar-refractivity contribution >= 4 is 132 Å². The number of rotatable bonds is 44. The number of hydrogen-bond acceptors (Lipinski definition) is 21. The summed E-state index contributed by atoms with van der Waals surface area (Å²) in [7, 11) is 0. The molecule has 1 aliphatic heterocycles. The van der Waals surface area contributed by atoms with E-state index in [9.17, 15) is 112 Å². The third-order valence-electron chi connectivity index (χ3n) is 14.0. The number of carbonyl (C=O) groups excluding carboxylic acids is 12. The zero-order valence-electron chi connectivity index (χ0n) is 52.5. The van der Waals surface area contributed by atoms with Gasteiger partial charge >= 0.3 is 35.8 Å². The second-order valence-corrected chi connectivity index (χ2v) is 23.9. The Morgan fingerprint density at radius 1 is 0.426 bits per heavy atom. The molecule has 94 heavy (non-hydrogen) atoms. The molecule has 0 aromatic rings. The molecular weight excluding hydrogens is 1290 g/mol. The number of carboxylic acid groups (broad SMARTS) is 6. The van der Waals surface area contributed by atoms with Gasteiger partial charge in [-0.05, 0) is 62.7 Å². The highest BCUT2D eigenvalue weighted by atomic mass is 32.1. The number of aliphatic carboxylic acids is 6. The molecule has 20 N–H and O–H groups in total. The van der Waals surface area contributed by atoms with Crippen LogP contribution in [0.2, 0.25) is 0 Å². The van der Waals surface area contributed by atoms with Crippen LogP contribution in [-0.4, -0.2) is 233 Å². The molecule has 1 heterocycles. The first-order valence-electron chi connectivity index (χ1n) is 29.6. The van der Waals surface area contributed by atoms with E-state index in [0.717, 1.165) is 4.90 Å². The Kier molecular flexibility index (Phi) is 36.2. The monoisotopic (exact) mass is 1380 g/mol. The molecule has 0 unspecified atom stereocenters. The van der Waals surface area contributed by atoms with Crippen molar-refractivity contribution in [2.75, 3.05) is 18.1 Å². The Bertz CT molecular complexity index is 2790. The van der Waals surface area contributed by atoms with E-state index in [1.807, 2.05) is 0 Å². The van der Waals surface area contributed by atoms with Gasteiger partial charge < -0.3 is 100 Å². The standard InChI is InChI=1S/C55H87N13O24S2/c1-23(2)16-29(60-45(81)27(10-13-39(72)73)59-50(86)35(22-94)66-53(89)43(25(5)6)67-44(80)26(56)9-12-38(70)71)47(83)63-32(18-37(57)69)54(90)68-15-7-8-36(68)52(88)62-31(20-42(78)79)49(85)65-34(21-93)51(87)61-30(19-41(76)77)48(84)58-28(11-14-40(74)75)46(82)64-33(55(91)92)17-24(3)4/h23-36,43,93-94H,7-22,56H2,1-6H3,(H2,57,69)(H,58,84)(H,59,86)(H,60,81)(H,61,87)(H,62,88)(H,63,83)(H,64,82)(H,65,85)(H,66,89)(H,67,80)(H,70,71)(H,72,73)(H,74,75)(H,76,77)(H,78,79)(H,91,92)/t26-,27-,28-,29-,30-,31-,32-,33-,34-,35-,36-,43-/m0/s1. The molecule has 528 valence electrons. The van der Waals surface area contributed by atoms with Crippen LogP contribution >= 0.6 is 25.3 Å². The topological polar surface area (TPSA) is 604 Å². The molecule has 1 aliphatic rings. The number of nitrogens with two attached hydrogens (primary N) is 2. The fraction of sp³-hybridized carbons (Fsp3) is 0.673. The first-order chi connectivity index (χ1) is 43.7. The lowest BCUT2D eigenvalue weighted by atomic mass is 10.0. The maximum absolute atomic E-state index is 14.4. The molecule has 0 spiro atoms. The quantitative estimate of drug-likeness (QED) is 0.0253. The molecule has 1 saturated heterocycles. The summed E-state index contributed by atoms with van der Waals surface area (Å²) in [6, 6.07) is -20.3. The van der Waals surface area contributed by atoms with Crippen LogP contribution < -0.4 is 64.6 Å². The van der Waals surface area contributed by atoms with Crippen LogP contribution in [0.25, 0.3) is 0 Å². The van der Waals surface area contributed by atoms with Gasteiger partial charge in [-0.3, -0.25) is 81.5 Å². The maximum atomic E-state index is 14.4. The Balaban J connectivity index is 3.47. The summed E-state index contributed by atoms with van der Waals surface area (Å²) < 4.78 is 0. The van der Waals surface area contributed by atoms with Crippen molar-refractivity contribution in [1.29, 1.82) is 0 Å². The number of thiol groups is 2. The van der Waals surface area contributed by atoms with Gasteiger partial charge in [0.1, 0.15) is 66.5 Å². The van der Waals surface area contributed by atoms with E-state index in [1.165, 1.54) is 13.8 Å². The van der Waals surface area contributed by atoms with Crippen molar-refractivity contribution in [1.82, 2.24) is 58.1 Å². The first kappa shape index (κ1) is 83.1. The molecule has 1 fully saturated rings. The van der Waals surface area contributed by atoms with E-state index in [0.29, 0.717) is 0 Å². The zero-order valence-corrected chi connectivity index (χ0v) is 54.3. The molecule has 0 aromatic carbocycles. The van der Waals surface area contributed by atoms with Gasteiger partial charge in [-0.15, -0.1) is 0 Å².